The number of hydrogen-bond donors (Lipinski definition) is 1. The van der Waals surface area contributed by atoms with Gasteiger partial charge in [0.1, 0.15) is 5.75 Å². The monoisotopic (exact) mass is 297 g/mol. The Morgan fingerprint density at radius 1 is 1.20 bits per heavy atom. The largest absolute Gasteiger partial charge is 0.494 e. The lowest BCUT2D eigenvalue weighted by molar-refractivity contribution is 0.337. The minimum absolute atomic E-state index is 0.0891. The standard InChI is InChI=1S/C15H23NO3S/c1-4-19-14-9-12(3)15(10-11(14)2)20(17,18)16-13-7-5-6-8-13/h9-10,13,16H,4-8H2,1-3H3. The van der Waals surface area contributed by atoms with Crippen molar-refractivity contribution < 1.29 is 13.2 Å². The normalized spacial score (nSPS) is 16.6. The van der Waals surface area contributed by atoms with Gasteiger partial charge in [-0.1, -0.05) is 12.8 Å². The lowest BCUT2D eigenvalue weighted by atomic mass is 10.1. The maximum Gasteiger partial charge on any atom is 0.241 e. The van der Waals surface area contributed by atoms with Gasteiger partial charge in [-0.2, -0.15) is 0 Å². The molecule has 0 unspecified atom stereocenters. The first kappa shape index (κ1) is 15.3. The van der Waals surface area contributed by atoms with Gasteiger partial charge in [-0.05, 0) is 56.9 Å². The zero-order valence-electron chi connectivity index (χ0n) is 12.4. The summed E-state index contributed by atoms with van der Waals surface area (Å²) in [5, 5.41) is 0. The summed E-state index contributed by atoms with van der Waals surface area (Å²) in [7, 11) is -3.43. The third-order valence-corrected chi connectivity index (χ3v) is 5.40. The van der Waals surface area contributed by atoms with Crippen LogP contribution in [0.5, 0.6) is 5.75 Å². The number of aryl methyl sites for hydroxylation is 2. The Kier molecular flexibility index (Phi) is 4.70. The van der Waals surface area contributed by atoms with E-state index in [-0.39, 0.29) is 6.04 Å². The van der Waals surface area contributed by atoms with Crippen molar-refractivity contribution in [2.45, 2.75) is 57.4 Å². The Hall–Kier alpha value is -1.07. The number of rotatable bonds is 5. The number of nitrogens with one attached hydrogen (secondary N) is 1. The molecule has 0 amide bonds. The SMILES string of the molecule is CCOc1cc(C)c(S(=O)(=O)NC2CCCC2)cc1C. The first-order valence-electron chi connectivity index (χ1n) is 7.20. The molecule has 0 spiro atoms. The molecule has 0 aromatic heterocycles. The summed E-state index contributed by atoms with van der Waals surface area (Å²) in [6.45, 7) is 6.18. The third-order valence-electron chi connectivity index (χ3n) is 3.74. The van der Waals surface area contributed by atoms with Crippen LogP contribution < -0.4 is 9.46 Å². The van der Waals surface area contributed by atoms with Crippen molar-refractivity contribution in [1.82, 2.24) is 4.72 Å². The van der Waals surface area contributed by atoms with E-state index in [1.807, 2.05) is 26.8 Å². The molecule has 4 nitrogen and oxygen atoms in total. The van der Waals surface area contributed by atoms with E-state index in [0.29, 0.717) is 11.5 Å². The molecule has 1 aliphatic rings. The molecule has 1 aromatic carbocycles. The molecule has 0 heterocycles. The Bertz CT molecular complexity index is 575. The van der Waals surface area contributed by atoms with E-state index >= 15 is 0 Å². The number of sulfonamides is 1. The summed E-state index contributed by atoms with van der Waals surface area (Å²) in [6.07, 6.45) is 4.09. The predicted molar refractivity (Wildman–Crippen MR) is 79.7 cm³/mol. The fourth-order valence-corrected chi connectivity index (χ4v) is 4.31. The minimum atomic E-state index is -3.43. The third kappa shape index (κ3) is 3.33. The molecular weight excluding hydrogens is 274 g/mol. The highest BCUT2D eigenvalue weighted by atomic mass is 32.2. The van der Waals surface area contributed by atoms with Crippen molar-refractivity contribution in [3.63, 3.8) is 0 Å². The number of hydrogen-bond acceptors (Lipinski definition) is 3. The van der Waals surface area contributed by atoms with Crippen LogP contribution in [-0.2, 0) is 10.0 Å². The van der Waals surface area contributed by atoms with Gasteiger partial charge in [-0.15, -0.1) is 0 Å². The summed E-state index contributed by atoms with van der Waals surface area (Å²) in [5.41, 5.74) is 1.58. The van der Waals surface area contributed by atoms with Gasteiger partial charge in [0.2, 0.25) is 10.0 Å². The predicted octanol–water partition coefficient (Wildman–Crippen LogP) is 2.92. The fourth-order valence-electron chi connectivity index (χ4n) is 2.69. The molecule has 0 atom stereocenters. The average Bonchev–Trinajstić information content (AvgIpc) is 2.85. The molecular formula is C15H23NO3S. The van der Waals surface area contributed by atoms with Gasteiger partial charge < -0.3 is 4.74 Å². The highest BCUT2D eigenvalue weighted by Gasteiger charge is 2.24. The summed E-state index contributed by atoms with van der Waals surface area (Å²) < 4.78 is 33.3. The van der Waals surface area contributed by atoms with Crippen LogP contribution in [0.4, 0.5) is 0 Å². The summed E-state index contributed by atoms with van der Waals surface area (Å²) in [6, 6.07) is 3.60. The Labute approximate surface area is 121 Å². The smallest absolute Gasteiger partial charge is 0.241 e. The van der Waals surface area contributed by atoms with Crippen molar-refractivity contribution in [1.29, 1.82) is 0 Å². The number of ether oxygens (including phenoxy) is 1. The van der Waals surface area contributed by atoms with Crippen molar-refractivity contribution in [3.8, 4) is 5.75 Å². The maximum absolute atomic E-state index is 12.5. The highest BCUT2D eigenvalue weighted by Crippen LogP contribution is 2.27. The minimum Gasteiger partial charge on any atom is -0.494 e. The lowest BCUT2D eigenvalue weighted by Crippen LogP contribution is -2.33. The van der Waals surface area contributed by atoms with E-state index in [2.05, 4.69) is 4.72 Å². The van der Waals surface area contributed by atoms with Crippen LogP contribution in [-0.4, -0.2) is 21.1 Å². The molecule has 0 radical (unpaired) electrons. The van der Waals surface area contributed by atoms with Crippen molar-refractivity contribution in [3.05, 3.63) is 23.3 Å². The van der Waals surface area contributed by atoms with Gasteiger partial charge in [-0.3, -0.25) is 0 Å². The van der Waals surface area contributed by atoms with Crippen LogP contribution in [0, 0.1) is 13.8 Å². The zero-order chi connectivity index (χ0) is 14.8. The molecule has 1 fully saturated rings. The lowest BCUT2D eigenvalue weighted by Gasteiger charge is -2.16. The van der Waals surface area contributed by atoms with Gasteiger partial charge in [0, 0.05) is 6.04 Å². The average molecular weight is 297 g/mol. The summed E-state index contributed by atoms with van der Waals surface area (Å²) >= 11 is 0. The molecule has 0 saturated heterocycles. The van der Waals surface area contributed by atoms with Gasteiger partial charge in [0.25, 0.3) is 0 Å². The topological polar surface area (TPSA) is 55.4 Å². The zero-order valence-corrected chi connectivity index (χ0v) is 13.2. The molecule has 0 bridgehead atoms. The molecule has 0 aliphatic heterocycles. The first-order valence-corrected chi connectivity index (χ1v) is 8.68. The number of benzene rings is 1. The molecule has 1 aliphatic carbocycles. The van der Waals surface area contributed by atoms with Gasteiger partial charge >= 0.3 is 0 Å². The van der Waals surface area contributed by atoms with Crippen LogP contribution in [0.2, 0.25) is 0 Å². The second kappa shape index (κ2) is 6.14. The van der Waals surface area contributed by atoms with Crippen molar-refractivity contribution >= 4 is 10.0 Å². The first-order chi connectivity index (χ1) is 9.44. The van der Waals surface area contributed by atoms with Crippen molar-refractivity contribution in [2.75, 3.05) is 6.61 Å². The van der Waals surface area contributed by atoms with Gasteiger partial charge in [-0.25, -0.2) is 13.1 Å². The van der Waals surface area contributed by atoms with Gasteiger partial charge in [0.15, 0.2) is 0 Å². The van der Waals surface area contributed by atoms with E-state index < -0.39 is 10.0 Å². The second-order valence-electron chi connectivity index (χ2n) is 5.42. The van der Waals surface area contributed by atoms with Crippen LogP contribution in [0.15, 0.2) is 17.0 Å². The van der Waals surface area contributed by atoms with E-state index in [0.717, 1.165) is 42.6 Å². The Morgan fingerprint density at radius 3 is 2.45 bits per heavy atom. The Morgan fingerprint density at radius 2 is 1.85 bits per heavy atom. The highest BCUT2D eigenvalue weighted by molar-refractivity contribution is 7.89. The van der Waals surface area contributed by atoms with Gasteiger partial charge in [0.05, 0.1) is 11.5 Å². The molecule has 5 heteroatoms. The molecule has 112 valence electrons. The summed E-state index contributed by atoms with van der Waals surface area (Å²) in [4.78, 5) is 0.366. The van der Waals surface area contributed by atoms with Crippen LogP contribution in [0.3, 0.4) is 0 Å². The van der Waals surface area contributed by atoms with Crippen LogP contribution in [0.1, 0.15) is 43.7 Å². The quantitative estimate of drug-likeness (QED) is 0.909. The molecule has 1 aromatic rings. The maximum atomic E-state index is 12.5. The molecule has 1 N–H and O–H groups in total. The fraction of sp³-hybridized carbons (Fsp3) is 0.600. The van der Waals surface area contributed by atoms with E-state index in [1.54, 1.807) is 6.07 Å². The van der Waals surface area contributed by atoms with E-state index in [1.165, 1.54) is 0 Å². The van der Waals surface area contributed by atoms with Crippen molar-refractivity contribution in [2.24, 2.45) is 0 Å². The molecule has 1 saturated carbocycles. The van der Waals surface area contributed by atoms with E-state index in [9.17, 15) is 8.42 Å². The Balaban J connectivity index is 2.29. The second-order valence-corrected chi connectivity index (χ2v) is 7.10. The summed E-state index contributed by atoms with van der Waals surface area (Å²) in [5.74, 6) is 0.754. The van der Waals surface area contributed by atoms with Crippen LogP contribution in [0.25, 0.3) is 0 Å². The molecule has 20 heavy (non-hydrogen) atoms. The molecule has 2 rings (SSSR count). The van der Waals surface area contributed by atoms with E-state index in [4.69, 9.17) is 4.74 Å². The van der Waals surface area contributed by atoms with Crippen LogP contribution >= 0.6 is 0 Å².